The molecule has 0 atom stereocenters. The molecule has 5 heteroatoms. The average molecular weight is 198 g/mol. The molecule has 0 spiro atoms. The molecule has 0 saturated heterocycles. The van der Waals surface area contributed by atoms with Crippen LogP contribution in [0.25, 0.3) is 0 Å². The topological polar surface area (TPSA) is 75.2 Å². The second-order valence-electron chi connectivity index (χ2n) is 4.04. The van der Waals surface area contributed by atoms with Gasteiger partial charge in [0.05, 0.1) is 12.8 Å². The normalized spacial score (nSPS) is 11.4. The number of carboxylic acids is 1. The van der Waals surface area contributed by atoms with E-state index >= 15 is 0 Å². The number of ether oxygens (including phenoxy) is 1. The van der Waals surface area contributed by atoms with E-state index in [-0.39, 0.29) is 16.9 Å². The molecule has 14 heavy (non-hydrogen) atoms. The molecule has 0 bridgehead atoms. The summed E-state index contributed by atoms with van der Waals surface area (Å²) >= 11 is 0. The summed E-state index contributed by atoms with van der Waals surface area (Å²) in [7, 11) is 1.41. The zero-order chi connectivity index (χ0) is 10.9. The Hall–Kier alpha value is -1.52. The lowest BCUT2D eigenvalue weighted by Crippen LogP contribution is -2.16. The van der Waals surface area contributed by atoms with Crippen molar-refractivity contribution in [3.63, 3.8) is 0 Å². The number of aromatic nitrogens is 2. The van der Waals surface area contributed by atoms with E-state index in [2.05, 4.69) is 10.2 Å². The summed E-state index contributed by atoms with van der Waals surface area (Å²) in [4.78, 5) is 11.0. The Labute approximate surface area is 82.1 Å². The van der Waals surface area contributed by atoms with Gasteiger partial charge in [0.2, 0.25) is 5.88 Å². The van der Waals surface area contributed by atoms with Crippen molar-refractivity contribution in [2.45, 2.75) is 26.2 Å². The highest BCUT2D eigenvalue weighted by molar-refractivity contribution is 5.92. The summed E-state index contributed by atoms with van der Waals surface area (Å²) in [6.07, 6.45) is 0. The Morgan fingerprint density at radius 1 is 1.50 bits per heavy atom. The zero-order valence-corrected chi connectivity index (χ0v) is 8.71. The first kappa shape index (κ1) is 10.6. The molecular formula is C9H14N2O3. The maximum Gasteiger partial charge on any atom is 0.343 e. The van der Waals surface area contributed by atoms with Crippen molar-refractivity contribution in [1.82, 2.24) is 10.2 Å². The summed E-state index contributed by atoms with van der Waals surface area (Å²) in [5.74, 6) is -0.831. The fourth-order valence-electron chi connectivity index (χ4n) is 1.21. The molecule has 0 amide bonds. The molecule has 0 radical (unpaired) electrons. The van der Waals surface area contributed by atoms with E-state index in [9.17, 15) is 4.79 Å². The largest absolute Gasteiger partial charge is 0.481 e. The van der Waals surface area contributed by atoms with Crippen LogP contribution < -0.4 is 4.74 Å². The Balaban J connectivity index is 3.32. The van der Waals surface area contributed by atoms with E-state index in [0.717, 1.165) is 0 Å². The highest BCUT2D eigenvalue weighted by Crippen LogP contribution is 2.28. The molecular weight excluding hydrogens is 184 g/mol. The van der Waals surface area contributed by atoms with E-state index in [1.807, 2.05) is 20.8 Å². The Morgan fingerprint density at radius 3 is 2.43 bits per heavy atom. The number of hydrogen-bond acceptors (Lipinski definition) is 3. The minimum atomic E-state index is -1.03. The number of carboxylic acid groups (broad SMARTS) is 1. The number of rotatable bonds is 2. The second-order valence-corrected chi connectivity index (χ2v) is 4.04. The number of H-pyrrole nitrogens is 1. The number of carbonyl (C=O) groups is 1. The maximum atomic E-state index is 11.0. The smallest absolute Gasteiger partial charge is 0.343 e. The number of nitrogens with zero attached hydrogens (tertiary/aromatic N) is 1. The third-order valence-corrected chi connectivity index (χ3v) is 1.86. The molecule has 1 aromatic rings. The predicted molar refractivity (Wildman–Crippen MR) is 50.8 cm³/mol. The van der Waals surface area contributed by atoms with Crippen LogP contribution in [0.3, 0.4) is 0 Å². The number of nitrogens with one attached hydrogen (secondary N) is 1. The first-order chi connectivity index (χ1) is 6.38. The Morgan fingerprint density at radius 2 is 2.07 bits per heavy atom. The van der Waals surface area contributed by atoms with Gasteiger partial charge in [-0.2, -0.15) is 5.10 Å². The van der Waals surface area contributed by atoms with E-state index in [4.69, 9.17) is 9.84 Å². The summed E-state index contributed by atoms with van der Waals surface area (Å²) < 4.78 is 4.88. The lowest BCUT2D eigenvalue weighted by molar-refractivity contribution is 0.0690. The SMILES string of the molecule is COc1[nH]nc(C(C)(C)C)c1C(=O)O. The lowest BCUT2D eigenvalue weighted by Gasteiger charge is -2.15. The van der Waals surface area contributed by atoms with Crippen LogP contribution in [0.4, 0.5) is 0 Å². The highest BCUT2D eigenvalue weighted by atomic mass is 16.5. The van der Waals surface area contributed by atoms with Crippen LogP contribution in [-0.4, -0.2) is 28.4 Å². The van der Waals surface area contributed by atoms with Gasteiger partial charge in [0, 0.05) is 5.41 Å². The molecule has 0 aliphatic rings. The van der Waals surface area contributed by atoms with E-state index in [1.54, 1.807) is 0 Å². The second kappa shape index (κ2) is 3.32. The van der Waals surface area contributed by atoms with E-state index in [0.29, 0.717) is 5.69 Å². The standard InChI is InChI=1S/C9H14N2O3/c1-9(2,3)6-5(8(12)13)7(14-4)11-10-6/h1-4H3,(H,10,11)(H,12,13). The minimum absolute atomic E-state index is 0.111. The van der Waals surface area contributed by atoms with Crippen LogP contribution in [0.15, 0.2) is 0 Å². The first-order valence-corrected chi connectivity index (χ1v) is 4.24. The van der Waals surface area contributed by atoms with Gasteiger partial charge in [-0.1, -0.05) is 20.8 Å². The van der Waals surface area contributed by atoms with Crippen LogP contribution in [0.1, 0.15) is 36.8 Å². The van der Waals surface area contributed by atoms with Gasteiger partial charge in [0.15, 0.2) is 0 Å². The molecule has 5 nitrogen and oxygen atoms in total. The molecule has 0 fully saturated rings. The van der Waals surface area contributed by atoms with Crippen LogP contribution in [0.5, 0.6) is 5.88 Å². The number of aromatic amines is 1. The Bertz CT molecular complexity index is 349. The monoisotopic (exact) mass is 198 g/mol. The van der Waals surface area contributed by atoms with Gasteiger partial charge < -0.3 is 9.84 Å². The minimum Gasteiger partial charge on any atom is -0.481 e. The summed E-state index contributed by atoms with van der Waals surface area (Å²) in [6.45, 7) is 5.69. The van der Waals surface area contributed by atoms with E-state index < -0.39 is 5.97 Å². The molecule has 0 unspecified atom stereocenters. The average Bonchev–Trinajstić information content (AvgIpc) is 2.45. The van der Waals surface area contributed by atoms with Crippen molar-refractivity contribution >= 4 is 5.97 Å². The number of hydrogen-bond donors (Lipinski definition) is 2. The molecule has 1 heterocycles. The first-order valence-electron chi connectivity index (χ1n) is 4.24. The molecule has 2 N–H and O–H groups in total. The quantitative estimate of drug-likeness (QED) is 0.753. The number of methoxy groups -OCH3 is 1. The van der Waals surface area contributed by atoms with Gasteiger partial charge in [-0.05, 0) is 0 Å². The van der Waals surface area contributed by atoms with Crippen LogP contribution >= 0.6 is 0 Å². The molecule has 0 aromatic carbocycles. The molecule has 1 aromatic heterocycles. The Kier molecular flexibility index (Phi) is 2.51. The molecule has 1 rings (SSSR count). The predicted octanol–water partition coefficient (Wildman–Crippen LogP) is 1.41. The summed E-state index contributed by atoms with van der Waals surface area (Å²) in [6, 6.07) is 0. The summed E-state index contributed by atoms with van der Waals surface area (Å²) in [5.41, 5.74) is 0.294. The van der Waals surface area contributed by atoms with Crippen LogP contribution in [0.2, 0.25) is 0 Å². The van der Waals surface area contributed by atoms with Crippen molar-refractivity contribution in [1.29, 1.82) is 0 Å². The van der Waals surface area contributed by atoms with Gasteiger partial charge in [0.25, 0.3) is 0 Å². The van der Waals surface area contributed by atoms with Gasteiger partial charge in [0.1, 0.15) is 5.56 Å². The maximum absolute atomic E-state index is 11.0. The van der Waals surface area contributed by atoms with Crippen molar-refractivity contribution in [3.05, 3.63) is 11.3 Å². The van der Waals surface area contributed by atoms with Crippen molar-refractivity contribution in [3.8, 4) is 5.88 Å². The molecule has 78 valence electrons. The third kappa shape index (κ3) is 1.71. The van der Waals surface area contributed by atoms with Gasteiger partial charge in [-0.15, -0.1) is 0 Å². The fraction of sp³-hybridized carbons (Fsp3) is 0.556. The van der Waals surface area contributed by atoms with Crippen molar-refractivity contribution in [2.24, 2.45) is 0 Å². The molecule has 0 aliphatic heterocycles. The van der Waals surface area contributed by atoms with Gasteiger partial charge >= 0.3 is 5.97 Å². The van der Waals surface area contributed by atoms with Gasteiger partial charge in [-0.3, -0.25) is 0 Å². The summed E-state index contributed by atoms with van der Waals surface area (Å²) in [5, 5.41) is 15.5. The third-order valence-electron chi connectivity index (χ3n) is 1.86. The zero-order valence-electron chi connectivity index (χ0n) is 8.71. The van der Waals surface area contributed by atoms with Gasteiger partial charge in [-0.25, -0.2) is 9.89 Å². The van der Waals surface area contributed by atoms with Crippen LogP contribution in [0, 0.1) is 0 Å². The van der Waals surface area contributed by atoms with Crippen molar-refractivity contribution < 1.29 is 14.6 Å². The van der Waals surface area contributed by atoms with Crippen LogP contribution in [-0.2, 0) is 5.41 Å². The molecule has 0 saturated carbocycles. The lowest BCUT2D eigenvalue weighted by atomic mass is 9.89. The fourth-order valence-corrected chi connectivity index (χ4v) is 1.21. The van der Waals surface area contributed by atoms with Crippen molar-refractivity contribution in [2.75, 3.05) is 7.11 Å². The highest BCUT2D eigenvalue weighted by Gasteiger charge is 2.28. The number of aromatic carboxylic acids is 1. The van der Waals surface area contributed by atoms with E-state index in [1.165, 1.54) is 7.11 Å². The molecule has 0 aliphatic carbocycles.